The van der Waals surface area contributed by atoms with Crippen molar-refractivity contribution in [3.8, 4) is 5.75 Å². The van der Waals surface area contributed by atoms with E-state index < -0.39 is 26.7 Å². The van der Waals surface area contributed by atoms with Crippen molar-refractivity contribution in [1.29, 1.82) is 0 Å². The van der Waals surface area contributed by atoms with Gasteiger partial charge in [0, 0.05) is 0 Å². The fourth-order valence-corrected chi connectivity index (χ4v) is 4.83. The molecule has 0 amide bonds. The van der Waals surface area contributed by atoms with E-state index >= 15 is 0 Å². The number of benzene rings is 3. The Balaban J connectivity index is 1.81. The Bertz CT molecular complexity index is 1420. The number of hydrogen-bond acceptors (Lipinski definition) is 4. The summed E-state index contributed by atoms with van der Waals surface area (Å²) in [6.45, 7) is 2.41. The highest BCUT2D eigenvalue weighted by Gasteiger charge is 2.32. The van der Waals surface area contributed by atoms with Crippen LogP contribution in [0.5, 0.6) is 5.75 Å². The van der Waals surface area contributed by atoms with Crippen LogP contribution in [0.1, 0.15) is 23.9 Å². The molecule has 0 fully saturated rings. The molecule has 0 aliphatic rings. The maximum atomic E-state index is 13.4. The minimum absolute atomic E-state index is 0.0718. The Morgan fingerprint density at radius 3 is 2.39 bits per heavy atom. The highest BCUT2D eigenvalue weighted by Crippen LogP contribution is 2.32. The van der Waals surface area contributed by atoms with Gasteiger partial charge < -0.3 is 4.74 Å². The summed E-state index contributed by atoms with van der Waals surface area (Å²) in [6.07, 6.45) is -1.48. The first-order chi connectivity index (χ1) is 15.7. The average Bonchev–Trinajstić information content (AvgIpc) is 3.17. The van der Waals surface area contributed by atoms with Crippen LogP contribution in [-0.4, -0.2) is 24.0 Å². The van der Waals surface area contributed by atoms with Crippen LogP contribution in [-0.2, 0) is 16.2 Å². The Morgan fingerprint density at radius 1 is 0.970 bits per heavy atom. The zero-order chi connectivity index (χ0) is 23.6. The van der Waals surface area contributed by atoms with Crippen LogP contribution >= 0.6 is 0 Å². The summed E-state index contributed by atoms with van der Waals surface area (Å²) in [5.41, 5.74) is 0.397. The third kappa shape index (κ3) is 4.63. The molecule has 1 heterocycles. The van der Waals surface area contributed by atoms with Crippen molar-refractivity contribution < 1.29 is 26.3 Å². The molecule has 0 radical (unpaired) electrons. The van der Waals surface area contributed by atoms with Crippen LogP contribution < -0.4 is 4.74 Å². The van der Waals surface area contributed by atoms with Gasteiger partial charge in [0.05, 0.1) is 28.1 Å². The summed E-state index contributed by atoms with van der Waals surface area (Å²) in [7, 11) is -4.37. The van der Waals surface area contributed by atoms with E-state index in [9.17, 15) is 21.6 Å². The van der Waals surface area contributed by atoms with E-state index in [-0.39, 0.29) is 11.3 Å². The number of hydrogen-bond donors (Lipinski definition) is 0. The largest absolute Gasteiger partial charge is 0.494 e. The van der Waals surface area contributed by atoms with Gasteiger partial charge in [0.25, 0.3) is 10.0 Å². The molecule has 0 bridgehead atoms. The third-order valence-electron chi connectivity index (χ3n) is 4.86. The minimum Gasteiger partial charge on any atom is -0.494 e. The Morgan fingerprint density at radius 2 is 1.70 bits per heavy atom. The highest BCUT2D eigenvalue weighted by atomic mass is 32.2. The normalized spacial score (nSPS) is 12.5. The molecule has 0 atom stereocenters. The number of nitrogens with zero attached hydrogens (tertiary/aromatic N) is 2. The molecule has 4 aromatic rings. The van der Waals surface area contributed by atoms with Crippen molar-refractivity contribution in [3.05, 3.63) is 89.7 Å². The minimum atomic E-state index is -4.67. The van der Waals surface area contributed by atoms with E-state index in [4.69, 9.17) is 4.74 Å². The van der Waals surface area contributed by atoms with Crippen molar-refractivity contribution in [2.75, 3.05) is 6.61 Å². The smallest absolute Gasteiger partial charge is 0.416 e. The molecular formula is C24H19F3N2O3S. The zero-order valence-corrected chi connectivity index (χ0v) is 18.3. The van der Waals surface area contributed by atoms with Crippen molar-refractivity contribution in [3.63, 3.8) is 0 Å². The monoisotopic (exact) mass is 472 g/mol. The standard InChI is InChI=1S/C24H19F3N2O3S/c1-2-32-19-13-10-17(11-14-19)12-15-23-28-21-8-3-4-9-22(21)29(23)33(30,31)20-7-5-6-18(16-20)24(25,26)27/h3-16H,2H2,1H3. The van der Waals surface area contributed by atoms with E-state index in [1.807, 2.05) is 6.92 Å². The van der Waals surface area contributed by atoms with Crippen molar-refractivity contribution in [1.82, 2.24) is 8.96 Å². The van der Waals surface area contributed by atoms with Crippen LogP contribution in [0.4, 0.5) is 13.2 Å². The number of para-hydroxylation sites is 2. The Kier molecular flexibility index (Phi) is 5.99. The Labute approximate surface area is 188 Å². The highest BCUT2D eigenvalue weighted by molar-refractivity contribution is 7.90. The number of ether oxygens (including phenoxy) is 1. The van der Waals surface area contributed by atoms with Crippen LogP contribution in [0.25, 0.3) is 23.2 Å². The topological polar surface area (TPSA) is 61.2 Å². The maximum absolute atomic E-state index is 13.4. The molecule has 0 aliphatic carbocycles. The number of rotatable bonds is 6. The molecule has 0 saturated carbocycles. The molecule has 0 saturated heterocycles. The molecule has 33 heavy (non-hydrogen) atoms. The van der Waals surface area contributed by atoms with Gasteiger partial charge >= 0.3 is 6.18 Å². The molecule has 0 N–H and O–H groups in total. The molecular weight excluding hydrogens is 453 g/mol. The van der Waals surface area contributed by atoms with E-state index in [0.29, 0.717) is 23.9 Å². The van der Waals surface area contributed by atoms with Gasteiger partial charge in [0.1, 0.15) is 11.6 Å². The molecule has 5 nitrogen and oxygen atoms in total. The quantitative estimate of drug-likeness (QED) is 0.353. The van der Waals surface area contributed by atoms with Gasteiger partial charge in [-0.05, 0) is 61.0 Å². The van der Waals surface area contributed by atoms with E-state index in [1.54, 1.807) is 54.6 Å². The lowest BCUT2D eigenvalue weighted by Crippen LogP contribution is -2.16. The first-order valence-corrected chi connectivity index (χ1v) is 11.5. The molecule has 0 aliphatic heterocycles. The number of alkyl halides is 3. The average molecular weight is 472 g/mol. The number of fused-ring (bicyclic) bond motifs is 1. The summed E-state index contributed by atoms with van der Waals surface area (Å²) in [5.74, 6) is 0.775. The fourth-order valence-electron chi connectivity index (χ4n) is 3.33. The first kappa shape index (κ1) is 22.6. The molecule has 4 rings (SSSR count). The van der Waals surface area contributed by atoms with E-state index in [2.05, 4.69) is 4.98 Å². The van der Waals surface area contributed by atoms with E-state index in [0.717, 1.165) is 27.7 Å². The number of imidazole rings is 1. The van der Waals surface area contributed by atoms with Crippen molar-refractivity contribution >= 4 is 33.2 Å². The van der Waals surface area contributed by atoms with Crippen LogP contribution in [0, 0.1) is 0 Å². The van der Waals surface area contributed by atoms with Crippen molar-refractivity contribution in [2.45, 2.75) is 18.0 Å². The number of aromatic nitrogens is 2. The van der Waals surface area contributed by atoms with Gasteiger partial charge in [-0.2, -0.15) is 13.2 Å². The first-order valence-electron chi connectivity index (χ1n) is 10.0. The second-order valence-electron chi connectivity index (χ2n) is 7.09. The van der Waals surface area contributed by atoms with Crippen LogP contribution in [0.15, 0.2) is 77.7 Å². The summed E-state index contributed by atoms with van der Waals surface area (Å²) in [5, 5.41) is 0. The lowest BCUT2D eigenvalue weighted by atomic mass is 10.2. The van der Waals surface area contributed by atoms with Gasteiger partial charge in [-0.25, -0.2) is 17.4 Å². The summed E-state index contributed by atoms with van der Waals surface area (Å²) in [6, 6.07) is 17.4. The zero-order valence-electron chi connectivity index (χ0n) is 17.5. The second-order valence-corrected chi connectivity index (χ2v) is 8.88. The summed E-state index contributed by atoms with van der Waals surface area (Å²) in [4.78, 5) is 3.91. The van der Waals surface area contributed by atoms with Gasteiger partial charge in [-0.1, -0.05) is 36.4 Å². The third-order valence-corrected chi connectivity index (χ3v) is 6.57. The Hall–Kier alpha value is -3.59. The summed E-state index contributed by atoms with van der Waals surface area (Å²) < 4.78 is 72.8. The lowest BCUT2D eigenvalue weighted by Gasteiger charge is -2.12. The molecule has 3 aromatic carbocycles. The molecule has 9 heteroatoms. The number of halogens is 3. The molecule has 0 spiro atoms. The van der Waals surface area contributed by atoms with Crippen LogP contribution in [0.2, 0.25) is 0 Å². The second kappa shape index (κ2) is 8.74. The molecule has 1 aromatic heterocycles. The van der Waals surface area contributed by atoms with Gasteiger partial charge in [0.15, 0.2) is 0 Å². The molecule has 170 valence electrons. The van der Waals surface area contributed by atoms with Crippen LogP contribution in [0.3, 0.4) is 0 Å². The predicted molar refractivity (Wildman–Crippen MR) is 120 cm³/mol. The summed E-state index contributed by atoms with van der Waals surface area (Å²) >= 11 is 0. The van der Waals surface area contributed by atoms with Gasteiger partial charge in [-0.3, -0.25) is 0 Å². The van der Waals surface area contributed by atoms with Crippen molar-refractivity contribution in [2.24, 2.45) is 0 Å². The SMILES string of the molecule is CCOc1ccc(C=Cc2nc3ccccc3n2S(=O)(=O)c2cccc(C(F)(F)F)c2)cc1. The van der Waals surface area contributed by atoms with Gasteiger partial charge in [0.2, 0.25) is 0 Å². The lowest BCUT2D eigenvalue weighted by molar-refractivity contribution is -0.137. The van der Waals surface area contributed by atoms with Gasteiger partial charge in [-0.15, -0.1) is 0 Å². The van der Waals surface area contributed by atoms with E-state index in [1.165, 1.54) is 6.08 Å². The maximum Gasteiger partial charge on any atom is 0.416 e. The predicted octanol–water partition coefficient (Wildman–Crippen LogP) is 5.86. The molecule has 0 unspecified atom stereocenters. The fraction of sp³-hybridized carbons (Fsp3) is 0.125.